The van der Waals surface area contributed by atoms with Crippen LogP contribution in [0.4, 0.5) is 11.4 Å². The Morgan fingerprint density at radius 3 is 2.59 bits per heavy atom. The van der Waals surface area contributed by atoms with Gasteiger partial charge in [-0.15, -0.1) is 0 Å². The second-order valence-electron chi connectivity index (χ2n) is 7.15. The van der Waals surface area contributed by atoms with Crippen molar-refractivity contribution in [3.63, 3.8) is 0 Å². The molecule has 1 heterocycles. The number of nitrogens with zero attached hydrogens (tertiary/aromatic N) is 2. The van der Waals surface area contributed by atoms with E-state index in [1.807, 2.05) is 30.3 Å². The van der Waals surface area contributed by atoms with Crippen LogP contribution in [0, 0.1) is 6.92 Å². The summed E-state index contributed by atoms with van der Waals surface area (Å²) in [6, 6.07) is 14.5. The fraction of sp³-hybridized carbons (Fsp3) is 0.333. The number of carbonyl (C=O) groups excluding carboxylic acids is 2. The number of carbonyl (C=O) groups is 2. The molecule has 1 fully saturated rings. The number of aryl methyl sites for hydroxylation is 1. The zero-order valence-electron chi connectivity index (χ0n) is 16.6. The average Bonchev–Trinajstić information content (AvgIpc) is 3.10. The van der Waals surface area contributed by atoms with E-state index in [2.05, 4.69) is 5.32 Å². The summed E-state index contributed by atoms with van der Waals surface area (Å²) in [6.07, 6.45) is 2.49. The number of sulfonamides is 1. The minimum absolute atomic E-state index is 0.105. The van der Waals surface area contributed by atoms with E-state index in [9.17, 15) is 18.0 Å². The number of benzene rings is 2. The number of anilines is 2. The van der Waals surface area contributed by atoms with Crippen LogP contribution in [-0.4, -0.2) is 39.6 Å². The van der Waals surface area contributed by atoms with Crippen LogP contribution < -0.4 is 14.5 Å². The molecule has 0 spiro atoms. The van der Waals surface area contributed by atoms with E-state index in [0.717, 1.165) is 33.8 Å². The van der Waals surface area contributed by atoms with Crippen molar-refractivity contribution in [2.45, 2.75) is 26.3 Å². The van der Waals surface area contributed by atoms with E-state index >= 15 is 0 Å². The molecule has 2 amide bonds. The van der Waals surface area contributed by atoms with Crippen molar-refractivity contribution in [3.8, 4) is 0 Å². The summed E-state index contributed by atoms with van der Waals surface area (Å²) in [7, 11) is -3.61. The second kappa shape index (κ2) is 8.65. The van der Waals surface area contributed by atoms with E-state index in [1.165, 1.54) is 0 Å². The lowest BCUT2D eigenvalue weighted by atomic mass is 10.2. The molecule has 1 saturated heterocycles. The summed E-state index contributed by atoms with van der Waals surface area (Å²) in [5.74, 6) is -0.297. The van der Waals surface area contributed by atoms with Gasteiger partial charge in [0, 0.05) is 25.2 Å². The predicted molar refractivity (Wildman–Crippen MR) is 113 cm³/mol. The van der Waals surface area contributed by atoms with Gasteiger partial charge < -0.3 is 10.2 Å². The highest BCUT2D eigenvalue weighted by atomic mass is 32.2. The van der Waals surface area contributed by atoms with Crippen LogP contribution in [0.5, 0.6) is 0 Å². The largest absolute Gasteiger partial charge is 0.350 e. The molecule has 1 N–H and O–H groups in total. The van der Waals surface area contributed by atoms with Crippen molar-refractivity contribution < 1.29 is 18.0 Å². The molecule has 29 heavy (non-hydrogen) atoms. The Hall–Kier alpha value is -2.87. The zero-order valence-corrected chi connectivity index (χ0v) is 17.4. The van der Waals surface area contributed by atoms with Crippen molar-refractivity contribution in [1.82, 2.24) is 5.32 Å². The van der Waals surface area contributed by atoms with Crippen LogP contribution in [0.25, 0.3) is 0 Å². The van der Waals surface area contributed by atoms with Crippen LogP contribution in [0.1, 0.15) is 24.0 Å². The van der Waals surface area contributed by atoms with Crippen molar-refractivity contribution >= 4 is 33.2 Å². The van der Waals surface area contributed by atoms with Gasteiger partial charge in [0.05, 0.1) is 11.9 Å². The minimum atomic E-state index is -3.61. The molecule has 2 aromatic carbocycles. The van der Waals surface area contributed by atoms with E-state index in [4.69, 9.17) is 0 Å². The first-order chi connectivity index (χ1) is 13.8. The Kier molecular flexibility index (Phi) is 6.22. The average molecular weight is 416 g/mol. The molecule has 1 aliphatic heterocycles. The molecule has 154 valence electrons. The van der Waals surface area contributed by atoms with Gasteiger partial charge in [-0.1, -0.05) is 30.3 Å². The lowest BCUT2D eigenvalue weighted by molar-refractivity contribution is -0.120. The van der Waals surface area contributed by atoms with Crippen molar-refractivity contribution in [3.05, 3.63) is 59.7 Å². The van der Waals surface area contributed by atoms with Crippen LogP contribution in [0.15, 0.2) is 48.5 Å². The first-order valence-corrected chi connectivity index (χ1v) is 11.3. The smallest absolute Gasteiger partial charge is 0.241 e. The Balaban J connectivity index is 1.67. The van der Waals surface area contributed by atoms with Crippen LogP contribution in [0.2, 0.25) is 0 Å². The summed E-state index contributed by atoms with van der Waals surface area (Å²) in [5.41, 5.74) is 2.92. The highest BCUT2D eigenvalue weighted by Crippen LogP contribution is 2.23. The number of nitrogens with one attached hydrogen (secondary N) is 1. The Morgan fingerprint density at radius 2 is 1.93 bits per heavy atom. The molecule has 0 bridgehead atoms. The fourth-order valence-corrected chi connectivity index (χ4v) is 4.28. The van der Waals surface area contributed by atoms with Crippen LogP contribution in [-0.2, 0) is 26.2 Å². The van der Waals surface area contributed by atoms with Gasteiger partial charge in [-0.25, -0.2) is 8.42 Å². The standard InChI is InChI=1S/C21H25N3O4S/c1-16-7-3-4-10-19(16)24(29(2,27)28)15-20(25)22-14-17-8-5-9-18(13-17)23-12-6-11-21(23)26/h3-5,7-10,13H,6,11-12,14-15H2,1-2H3,(H,22,25). The van der Waals surface area contributed by atoms with E-state index in [0.29, 0.717) is 18.7 Å². The molecule has 0 saturated carbocycles. The molecule has 8 heteroatoms. The Labute approximate surface area is 171 Å². The molecule has 0 radical (unpaired) electrons. The molecule has 0 aliphatic carbocycles. The van der Waals surface area contributed by atoms with E-state index in [1.54, 1.807) is 30.0 Å². The summed E-state index contributed by atoms with van der Waals surface area (Å²) < 4.78 is 25.6. The number of amides is 2. The maximum absolute atomic E-state index is 12.5. The van der Waals surface area contributed by atoms with Gasteiger partial charge in [-0.3, -0.25) is 13.9 Å². The molecule has 0 aromatic heterocycles. The van der Waals surface area contributed by atoms with Crippen molar-refractivity contribution in [2.24, 2.45) is 0 Å². The molecular formula is C21H25N3O4S. The van der Waals surface area contributed by atoms with E-state index in [-0.39, 0.29) is 19.0 Å². The van der Waals surface area contributed by atoms with Crippen molar-refractivity contribution in [1.29, 1.82) is 0 Å². The minimum Gasteiger partial charge on any atom is -0.350 e. The maximum Gasteiger partial charge on any atom is 0.241 e. The second-order valence-corrected chi connectivity index (χ2v) is 9.06. The third-order valence-electron chi connectivity index (χ3n) is 4.86. The summed E-state index contributed by atoms with van der Waals surface area (Å²) in [6.45, 7) is 2.46. The van der Waals surface area contributed by atoms with Crippen molar-refractivity contribution in [2.75, 3.05) is 28.6 Å². The summed E-state index contributed by atoms with van der Waals surface area (Å²) in [4.78, 5) is 26.1. The Bertz CT molecular complexity index is 1020. The number of hydrogen-bond acceptors (Lipinski definition) is 4. The molecular weight excluding hydrogens is 390 g/mol. The lowest BCUT2D eigenvalue weighted by Crippen LogP contribution is -2.40. The third-order valence-corrected chi connectivity index (χ3v) is 5.98. The highest BCUT2D eigenvalue weighted by molar-refractivity contribution is 7.92. The number of hydrogen-bond donors (Lipinski definition) is 1. The maximum atomic E-state index is 12.5. The molecule has 2 aromatic rings. The van der Waals surface area contributed by atoms with E-state index < -0.39 is 15.9 Å². The molecule has 0 unspecified atom stereocenters. The Morgan fingerprint density at radius 1 is 1.17 bits per heavy atom. The normalized spacial score (nSPS) is 14.1. The van der Waals surface area contributed by atoms with Gasteiger partial charge in [-0.2, -0.15) is 0 Å². The summed E-state index contributed by atoms with van der Waals surface area (Å²) >= 11 is 0. The van der Waals surface area contributed by atoms with Crippen LogP contribution >= 0.6 is 0 Å². The number of rotatable bonds is 7. The van der Waals surface area contributed by atoms with Gasteiger partial charge in [0.2, 0.25) is 21.8 Å². The molecule has 3 rings (SSSR count). The first-order valence-electron chi connectivity index (χ1n) is 9.45. The van der Waals surface area contributed by atoms with Gasteiger partial charge in [-0.05, 0) is 42.7 Å². The topological polar surface area (TPSA) is 86.8 Å². The molecule has 1 aliphatic rings. The van der Waals surface area contributed by atoms with Gasteiger partial charge in [0.15, 0.2) is 0 Å². The SMILES string of the molecule is Cc1ccccc1N(CC(=O)NCc1cccc(N2CCCC2=O)c1)S(C)(=O)=O. The third kappa shape index (κ3) is 5.14. The zero-order chi connectivity index (χ0) is 21.0. The highest BCUT2D eigenvalue weighted by Gasteiger charge is 2.23. The summed E-state index contributed by atoms with van der Waals surface area (Å²) in [5, 5.41) is 2.77. The van der Waals surface area contributed by atoms with Gasteiger partial charge in [0.25, 0.3) is 0 Å². The number of para-hydroxylation sites is 1. The van der Waals surface area contributed by atoms with Gasteiger partial charge in [0.1, 0.15) is 6.54 Å². The van der Waals surface area contributed by atoms with Crippen LogP contribution in [0.3, 0.4) is 0 Å². The first kappa shape index (κ1) is 20.9. The lowest BCUT2D eigenvalue weighted by Gasteiger charge is -2.23. The molecule has 0 atom stereocenters. The quantitative estimate of drug-likeness (QED) is 0.751. The molecule has 7 nitrogen and oxygen atoms in total. The predicted octanol–water partition coefficient (Wildman–Crippen LogP) is 2.20. The monoisotopic (exact) mass is 415 g/mol. The van der Waals surface area contributed by atoms with Gasteiger partial charge >= 0.3 is 0 Å². The fourth-order valence-electron chi connectivity index (χ4n) is 3.37.